The van der Waals surface area contributed by atoms with Gasteiger partial charge in [0.2, 0.25) is 0 Å². The van der Waals surface area contributed by atoms with Crippen molar-refractivity contribution in [1.82, 2.24) is 0 Å². The maximum Gasteiger partial charge on any atom is 0.339 e. The second-order valence-electron chi connectivity index (χ2n) is 19.4. The van der Waals surface area contributed by atoms with Crippen molar-refractivity contribution >= 4 is 22.9 Å². The van der Waals surface area contributed by atoms with Crippen molar-refractivity contribution in [3.63, 3.8) is 0 Å². The number of aryl methyl sites for hydroxylation is 2. The number of benzene rings is 5. The van der Waals surface area contributed by atoms with Gasteiger partial charge in [0.25, 0.3) is 0 Å². The molecule has 0 saturated carbocycles. The fourth-order valence-electron chi connectivity index (χ4n) is 10.9. The second kappa shape index (κ2) is 22.2. The quantitative estimate of drug-likeness (QED) is 0.0252. The maximum atomic E-state index is 15.2. The first kappa shape index (κ1) is 49.4. The van der Waals surface area contributed by atoms with Crippen LogP contribution in [0.5, 0.6) is 5.75 Å². The summed E-state index contributed by atoms with van der Waals surface area (Å²) >= 11 is 0. The Balaban J connectivity index is 1.16. The number of carbonyl (C=O) groups is 2. The molecule has 11 heteroatoms. The average molecular weight is 959 g/mol. The lowest BCUT2D eigenvalue weighted by atomic mass is 9.72. The van der Waals surface area contributed by atoms with Gasteiger partial charge < -0.3 is 38.7 Å². The highest BCUT2D eigenvalue weighted by atomic mass is 16.6. The first-order chi connectivity index (χ1) is 34.5. The number of esters is 2. The van der Waals surface area contributed by atoms with Crippen LogP contribution in [0.15, 0.2) is 154 Å². The SMILES string of the molecule is CC(CO)=C1CCc2ccc(cc2)C2C=CC(c3cccc(Cc4ccccc4)c3)CC2CC(=O)OC2c3c(ccc4c(CO)c(CCOCO)c(=O)oc34)OC(C)(CCCc3ccccc3)C2OC1=O. The van der Waals surface area contributed by atoms with E-state index in [2.05, 4.69) is 97.1 Å². The highest BCUT2D eigenvalue weighted by Crippen LogP contribution is 2.50. The Morgan fingerprint density at radius 2 is 1.51 bits per heavy atom. The number of allylic oxidation sites excluding steroid dienone is 2. The third kappa shape index (κ3) is 11.0. The number of hydrogen-bond donors (Lipinski definition) is 3. The molecule has 71 heavy (non-hydrogen) atoms. The highest BCUT2D eigenvalue weighted by molar-refractivity contribution is 5.90. The fourth-order valence-corrected chi connectivity index (χ4v) is 10.9. The molecule has 6 unspecified atom stereocenters. The van der Waals surface area contributed by atoms with E-state index >= 15 is 4.79 Å². The molecule has 0 radical (unpaired) electrons. The predicted molar refractivity (Wildman–Crippen MR) is 270 cm³/mol. The third-order valence-electron chi connectivity index (χ3n) is 14.7. The normalized spacial score (nSPS) is 23.0. The summed E-state index contributed by atoms with van der Waals surface area (Å²) in [6.45, 7) is 2.10. The zero-order valence-corrected chi connectivity index (χ0v) is 40.4. The molecule has 10 rings (SSSR count). The summed E-state index contributed by atoms with van der Waals surface area (Å²) in [7, 11) is 0. The molecule has 0 spiro atoms. The van der Waals surface area contributed by atoms with Crippen molar-refractivity contribution < 1.29 is 48.3 Å². The van der Waals surface area contributed by atoms with Crippen LogP contribution in [0.3, 0.4) is 0 Å². The van der Waals surface area contributed by atoms with E-state index in [1.807, 2.05) is 31.2 Å². The molecule has 3 N–H and O–H groups in total. The number of fused-ring (bicyclic) bond motifs is 11. The van der Waals surface area contributed by atoms with E-state index in [0.717, 1.165) is 28.7 Å². The smallest absolute Gasteiger partial charge is 0.339 e. The van der Waals surface area contributed by atoms with Crippen LogP contribution in [0, 0.1) is 5.92 Å². The van der Waals surface area contributed by atoms with Crippen molar-refractivity contribution in [2.45, 2.75) is 108 Å². The Morgan fingerprint density at radius 1 is 0.761 bits per heavy atom. The van der Waals surface area contributed by atoms with Gasteiger partial charge in [-0.3, -0.25) is 4.79 Å². The average Bonchev–Trinajstić information content (AvgIpc) is 3.38. The molecule has 11 nitrogen and oxygen atoms in total. The molecule has 4 aliphatic rings. The molecular formula is C60H62O11. The van der Waals surface area contributed by atoms with E-state index in [4.69, 9.17) is 23.4 Å². The van der Waals surface area contributed by atoms with Crippen molar-refractivity contribution in [1.29, 1.82) is 0 Å². The summed E-state index contributed by atoms with van der Waals surface area (Å²) in [5.74, 6) is -1.27. The van der Waals surface area contributed by atoms with E-state index < -0.39 is 48.8 Å². The highest BCUT2D eigenvalue weighted by Gasteiger charge is 2.53. The van der Waals surface area contributed by atoms with Crippen molar-refractivity contribution in [3.05, 3.63) is 205 Å². The van der Waals surface area contributed by atoms with Crippen LogP contribution in [-0.4, -0.2) is 59.0 Å². The minimum atomic E-state index is -1.34. The Morgan fingerprint density at radius 3 is 2.24 bits per heavy atom. The topological polar surface area (TPSA) is 162 Å². The molecule has 1 aromatic heterocycles. The summed E-state index contributed by atoms with van der Waals surface area (Å²) in [5.41, 5.74) is 6.15. The van der Waals surface area contributed by atoms with Crippen LogP contribution in [0.2, 0.25) is 0 Å². The maximum absolute atomic E-state index is 15.2. The van der Waals surface area contributed by atoms with E-state index in [9.17, 15) is 24.9 Å². The van der Waals surface area contributed by atoms with Crippen LogP contribution >= 0.6 is 0 Å². The van der Waals surface area contributed by atoms with Gasteiger partial charge in [-0.05, 0) is 121 Å². The summed E-state index contributed by atoms with van der Waals surface area (Å²) < 4.78 is 31.7. The molecular weight excluding hydrogens is 897 g/mol. The van der Waals surface area contributed by atoms with Gasteiger partial charge >= 0.3 is 17.6 Å². The molecule has 0 saturated heterocycles. The summed E-state index contributed by atoms with van der Waals surface area (Å²) in [4.78, 5) is 43.9. The van der Waals surface area contributed by atoms with E-state index in [0.29, 0.717) is 48.6 Å². The standard InChI is InChI=1S/C60H62O11/c1-38(35-61)47-24-20-40-18-21-43(22-19-40)48-25-23-45(44-17-9-15-42(32-44)31-41-13-7-4-8-14-41)33-46(48)34-53(64)68-56-54-52(27-26-49-51(36-62)50(28-30-67-37-63)59(66)69-55(49)54)71-60(2,57(56)70-58(47)65)29-10-16-39-11-5-3-6-12-39/h3-9,11-15,17-19,21-23,25-27,32,45-46,48,56-57,61-63H,10,16,20,24,28-31,33-37H2,1-2H3. The van der Waals surface area contributed by atoms with Crippen LogP contribution < -0.4 is 10.4 Å². The third-order valence-corrected chi connectivity index (χ3v) is 14.7. The lowest BCUT2D eigenvalue weighted by molar-refractivity contribution is -0.192. The van der Waals surface area contributed by atoms with E-state index in [-0.39, 0.29) is 78.3 Å². The van der Waals surface area contributed by atoms with Crippen LogP contribution in [0.25, 0.3) is 11.0 Å². The zero-order valence-electron chi connectivity index (χ0n) is 40.4. The van der Waals surface area contributed by atoms with Crippen LogP contribution in [0.1, 0.15) is 114 Å². The molecule has 0 fully saturated rings. The molecule has 2 bridgehead atoms. The lowest BCUT2D eigenvalue weighted by Gasteiger charge is -2.45. The van der Waals surface area contributed by atoms with Crippen LogP contribution in [0.4, 0.5) is 0 Å². The monoisotopic (exact) mass is 958 g/mol. The second-order valence-corrected chi connectivity index (χ2v) is 19.4. The molecule has 3 aliphatic heterocycles. The minimum absolute atomic E-state index is 0.00215. The molecule has 5 aromatic carbocycles. The van der Waals surface area contributed by atoms with Gasteiger partial charge in [-0.25, -0.2) is 9.59 Å². The molecule has 368 valence electrons. The fraction of sp³-hybridized carbons (Fsp3) is 0.350. The Hall–Kier alpha value is -6.63. The Bertz CT molecular complexity index is 2960. The Labute approximate surface area is 414 Å². The van der Waals surface area contributed by atoms with Crippen molar-refractivity contribution in [3.8, 4) is 5.75 Å². The molecule has 4 heterocycles. The van der Waals surface area contributed by atoms with Gasteiger partial charge in [0.05, 0.1) is 25.4 Å². The van der Waals surface area contributed by atoms with Crippen molar-refractivity contribution in [2.75, 3.05) is 20.0 Å². The van der Waals surface area contributed by atoms with Crippen molar-refractivity contribution in [2.24, 2.45) is 5.92 Å². The Kier molecular flexibility index (Phi) is 15.4. The summed E-state index contributed by atoms with van der Waals surface area (Å²) in [6.07, 6.45) is 5.80. The van der Waals surface area contributed by atoms with Gasteiger partial charge in [-0.1, -0.05) is 121 Å². The predicted octanol–water partition coefficient (Wildman–Crippen LogP) is 9.84. The minimum Gasteiger partial charge on any atom is -0.483 e. The lowest BCUT2D eigenvalue weighted by Crippen LogP contribution is -2.54. The largest absolute Gasteiger partial charge is 0.483 e. The summed E-state index contributed by atoms with van der Waals surface area (Å²) in [6, 6.07) is 40.8. The zero-order chi connectivity index (χ0) is 49.5. The van der Waals surface area contributed by atoms with Crippen LogP contribution in [-0.2, 0) is 56.1 Å². The van der Waals surface area contributed by atoms with Gasteiger partial charge in [-0.2, -0.15) is 0 Å². The van der Waals surface area contributed by atoms with Gasteiger partial charge in [0, 0.05) is 41.2 Å². The number of ether oxygens (including phenoxy) is 4. The number of carbonyl (C=O) groups excluding carboxylic acids is 2. The number of hydrogen-bond acceptors (Lipinski definition) is 11. The number of aliphatic hydroxyl groups is 3. The first-order valence-electron chi connectivity index (χ1n) is 24.8. The molecule has 6 atom stereocenters. The van der Waals surface area contributed by atoms with Gasteiger partial charge in [-0.15, -0.1) is 0 Å². The molecule has 0 amide bonds. The first-order valence-corrected chi connectivity index (χ1v) is 24.8. The molecule has 6 aromatic rings. The van der Waals surface area contributed by atoms with Gasteiger partial charge in [0.1, 0.15) is 23.7 Å². The van der Waals surface area contributed by atoms with E-state index in [1.54, 1.807) is 19.1 Å². The summed E-state index contributed by atoms with van der Waals surface area (Å²) in [5, 5.41) is 31.0. The number of rotatable bonds is 13. The molecule has 1 aliphatic carbocycles. The number of aliphatic hydroxyl groups excluding tert-OH is 3. The van der Waals surface area contributed by atoms with E-state index in [1.165, 1.54) is 11.1 Å². The van der Waals surface area contributed by atoms with Gasteiger partial charge in [0.15, 0.2) is 12.2 Å².